The van der Waals surface area contributed by atoms with Crippen molar-refractivity contribution in [2.75, 3.05) is 29.9 Å². The Kier molecular flexibility index (Phi) is 6.72. The molecule has 0 bridgehead atoms. The van der Waals surface area contributed by atoms with E-state index in [1.807, 2.05) is 4.90 Å². The van der Waals surface area contributed by atoms with Gasteiger partial charge in [-0.3, -0.25) is 19.7 Å². The molecule has 0 radical (unpaired) electrons. The molecular formula is C20H23N5O4. The topological polar surface area (TPSA) is 117 Å². The third-order valence-electron chi connectivity index (χ3n) is 4.87. The molecule has 3 rings (SSSR count). The number of para-hydroxylation sites is 2. The maximum absolute atomic E-state index is 12.4. The van der Waals surface area contributed by atoms with E-state index in [2.05, 4.69) is 15.6 Å². The molecule has 2 N–H and O–H groups in total. The van der Waals surface area contributed by atoms with Crippen LogP contribution >= 0.6 is 0 Å². The summed E-state index contributed by atoms with van der Waals surface area (Å²) < 4.78 is 0. The summed E-state index contributed by atoms with van der Waals surface area (Å²) in [6.07, 6.45) is 2.97. The van der Waals surface area contributed by atoms with Crippen LogP contribution in [0.5, 0.6) is 0 Å². The summed E-state index contributed by atoms with van der Waals surface area (Å²) in [4.78, 5) is 41.1. The fourth-order valence-electron chi connectivity index (χ4n) is 3.35. The smallest absolute Gasteiger partial charge is 0.292 e. The van der Waals surface area contributed by atoms with Crippen LogP contribution in [-0.2, 0) is 9.59 Å². The molecule has 152 valence electrons. The van der Waals surface area contributed by atoms with E-state index in [0.717, 1.165) is 0 Å². The molecule has 0 saturated carbocycles. The van der Waals surface area contributed by atoms with Gasteiger partial charge in [-0.05, 0) is 31.0 Å². The number of rotatable bonds is 7. The van der Waals surface area contributed by atoms with Crippen molar-refractivity contribution in [2.45, 2.75) is 19.3 Å². The summed E-state index contributed by atoms with van der Waals surface area (Å²) in [6, 6.07) is 11.9. The number of pyridine rings is 1. The molecule has 0 unspecified atom stereocenters. The largest absolute Gasteiger partial charge is 0.366 e. The fraction of sp³-hybridized carbons (Fsp3) is 0.350. The lowest BCUT2D eigenvalue weighted by molar-refractivity contribution is -0.384. The molecule has 0 atom stereocenters. The van der Waals surface area contributed by atoms with Crippen LogP contribution in [0.3, 0.4) is 0 Å². The van der Waals surface area contributed by atoms with Gasteiger partial charge in [-0.1, -0.05) is 18.2 Å². The predicted molar refractivity (Wildman–Crippen MR) is 109 cm³/mol. The predicted octanol–water partition coefficient (Wildman–Crippen LogP) is 2.35. The van der Waals surface area contributed by atoms with Gasteiger partial charge in [0.1, 0.15) is 11.5 Å². The summed E-state index contributed by atoms with van der Waals surface area (Å²) in [7, 11) is 0. The highest BCUT2D eigenvalue weighted by molar-refractivity contribution is 5.90. The van der Waals surface area contributed by atoms with Gasteiger partial charge in [-0.15, -0.1) is 0 Å². The second kappa shape index (κ2) is 9.63. The van der Waals surface area contributed by atoms with Crippen LogP contribution in [0.1, 0.15) is 19.3 Å². The first-order valence-electron chi connectivity index (χ1n) is 9.51. The highest BCUT2D eigenvalue weighted by Gasteiger charge is 2.27. The van der Waals surface area contributed by atoms with Crippen molar-refractivity contribution in [1.29, 1.82) is 0 Å². The van der Waals surface area contributed by atoms with Crippen LogP contribution < -0.4 is 15.5 Å². The summed E-state index contributed by atoms with van der Waals surface area (Å²) in [6.45, 7) is 1.40. The van der Waals surface area contributed by atoms with Gasteiger partial charge in [0.15, 0.2) is 0 Å². The molecule has 29 heavy (non-hydrogen) atoms. The third-order valence-corrected chi connectivity index (χ3v) is 4.87. The summed E-state index contributed by atoms with van der Waals surface area (Å²) >= 11 is 0. The van der Waals surface area contributed by atoms with Gasteiger partial charge >= 0.3 is 0 Å². The van der Waals surface area contributed by atoms with Gasteiger partial charge in [0, 0.05) is 44.2 Å². The number of nitro groups is 1. The van der Waals surface area contributed by atoms with Crippen molar-refractivity contribution in [3.63, 3.8) is 0 Å². The molecule has 9 nitrogen and oxygen atoms in total. The first-order valence-corrected chi connectivity index (χ1v) is 9.51. The third kappa shape index (κ3) is 5.50. The lowest BCUT2D eigenvalue weighted by atomic mass is 9.95. The van der Waals surface area contributed by atoms with Crippen molar-refractivity contribution in [1.82, 2.24) is 10.3 Å². The van der Waals surface area contributed by atoms with E-state index in [0.29, 0.717) is 37.4 Å². The zero-order valence-electron chi connectivity index (χ0n) is 15.9. The van der Waals surface area contributed by atoms with Gasteiger partial charge in [0.05, 0.1) is 4.92 Å². The summed E-state index contributed by atoms with van der Waals surface area (Å²) in [5.74, 6) is 0.0205. The second-order valence-electron chi connectivity index (χ2n) is 6.81. The number of carbonyl (C=O) groups is 2. The number of hydrogen-bond donors (Lipinski definition) is 2. The number of nitrogens with one attached hydrogen (secondary N) is 2. The second-order valence-corrected chi connectivity index (χ2v) is 6.81. The van der Waals surface area contributed by atoms with E-state index >= 15 is 0 Å². The van der Waals surface area contributed by atoms with Crippen LogP contribution in [0.15, 0.2) is 48.7 Å². The Morgan fingerprint density at radius 2 is 1.86 bits per heavy atom. The first kappa shape index (κ1) is 20.2. The zero-order chi connectivity index (χ0) is 20.6. The lowest BCUT2D eigenvalue weighted by Crippen LogP contribution is -2.41. The molecule has 2 heterocycles. The minimum absolute atomic E-state index is 0.0781. The number of amides is 2. The maximum Gasteiger partial charge on any atom is 0.292 e. The van der Waals surface area contributed by atoms with E-state index in [-0.39, 0.29) is 41.3 Å². The average Bonchev–Trinajstić information content (AvgIpc) is 2.74. The number of carbonyl (C=O) groups excluding carboxylic acids is 2. The van der Waals surface area contributed by atoms with Crippen molar-refractivity contribution < 1.29 is 14.5 Å². The van der Waals surface area contributed by atoms with E-state index in [4.69, 9.17) is 0 Å². The Labute approximate surface area is 168 Å². The first-order chi connectivity index (χ1) is 14.0. The van der Waals surface area contributed by atoms with Crippen LogP contribution in [0, 0.1) is 16.0 Å². The van der Waals surface area contributed by atoms with Crippen molar-refractivity contribution >= 4 is 29.0 Å². The number of piperidine rings is 1. The van der Waals surface area contributed by atoms with Crippen LogP contribution in [-0.4, -0.2) is 41.4 Å². The van der Waals surface area contributed by atoms with Gasteiger partial charge in [-0.25, -0.2) is 4.98 Å². The highest BCUT2D eigenvalue weighted by Crippen LogP contribution is 2.31. The van der Waals surface area contributed by atoms with Crippen molar-refractivity contribution in [2.24, 2.45) is 5.92 Å². The monoisotopic (exact) mass is 397 g/mol. The molecule has 9 heteroatoms. The van der Waals surface area contributed by atoms with Crippen LogP contribution in [0.2, 0.25) is 0 Å². The van der Waals surface area contributed by atoms with Crippen molar-refractivity contribution in [3.8, 4) is 0 Å². The Bertz CT molecular complexity index is 866. The standard InChI is InChI=1S/C20H23N5O4/c26-19(23-18-7-3-4-11-21-18)8-12-22-20(27)15-9-13-24(14-10-15)16-5-1-2-6-17(16)25(28)29/h1-7,11,15H,8-10,12-14H2,(H,22,27)(H,21,23,26). The fourth-order valence-corrected chi connectivity index (χ4v) is 3.35. The minimum Gasteiger partial charge on any atom is -0.366 e. The number of aromatic nitrogens is 1. The Hall–Kier alpha value is -3.49. The number of benzene rings is 1. The normalized spacial score (nSPS) is 14.3. The summed E-state index contributed by atoms with van der Waals surface area (Å²) in [5, 5.41) is 16.7. The molecule has 2 aromatic rings. The van der Waals surface area contributed by atoms with Crippen molar-refractivity contribution in [3.05, 3.63) is 58.8 Å². The molecule has 1 saturated heterocycles. The molecule has 0 spiro atoms. The summed E-state index contributed by atoms with van der Waals surface area (Å²) in [5.41, 5.74) is 0.664. The van der Waals surface area contributed by atoms with E-state index in [1.54, 1.807) is 42.6 Å². The lowest BCUT2D eigenvalue weighted by Gasteiger charge is -2.32. The SMILES string of the molecule is O=C(CCNC(=O)C1CCN(c2ccccc2[N+](=O)[O-])CC1)Nc1ccccn1. The van der Waals surface area contributed by atoms with E-state index < -0.39 is 0 Å². The molecule has 1 aromatic heterocycles. The molecule has 1 aliphatic heterocycles. The minimum atomic E-state index is -0.385. The van der Waals surface area contributed by atoms with Gasteiger partial charge in [-0.2, -0.15) is 0 Å². The highest BCUT2D eigenvalue weighted by atomic mass is 16.6. The molecule has 1 aliphatic rings. The number of nitrogens with zero attached hydrogens (tertiary/aromatic N) is 3. The molecule has 1 fully saturated rings. The Morgan fingerprint density at radius 1 is 1.14 bits per heavy atom. The zero-order valence-corrected chi connectivity index (χ0v) is 15.9. The van der Waals surface area contributed by atoms with Gasteiger partial charge < -0.3 is 15.5 Å². The molecule has 1 aromatic carbocycles. The average molecular weight is 397 g/mol. The Morgan fingerprint density at radius 3 is 2.55 bits per heavy atom. The van der Waals surface area contributed by atoms with E-state index in [1.165, 1.54) is 6.07 Å². The van der Waals surface area contributed by atoms with Crippen LogP contribution in [0.4, 0.5) is 17.2 Å². The number of hydrogen-bond acceptors (Lipinski definition) is 6. The maximum atomic E-state index is 12.4. The van der Waals surface area contributed by atoms with Gasteiger partial charge in [0.2, 0.25) is 11.8 Å². The molecular weight excluding hydrogens is 374 g/mol. The van der Waals surface area contributed by atoms with Crippen LogP contribution in [0.25, 0.3) is 0 Å². The number of nitro benzene ring substituents is 1. The quantitative estimate of drug-likeness (QED) is 0.547. The molecule has 2 amide bonds. The van der Waals surface area contributed by atoms with E-state index in [9.17, 15) is 19.7 Å². The number of anilines is 2. The van der Waals surface area contributed by atoms with Gasteiger partial charge in [0.25, 0.3) is 5.69 Å². The molecule has 0 aliphatic carbocycles. The Balaban J connectivity index is 1.42.